The molecule has 28 heavy (non-hydrogen) atoms. The molecule has 1 aromatic heterocycles. The number of amides is 2. The van der Waals surface area contributed by atoms with Crippen LogP contribution in [0, 0.1) is 0 Å². The second kappa shape index (κ2) is 8.81. The van der Waals surface area contributed by atoms with Crippen molar-refractivity contribution in [1.82, 2.24) is 25.1 Å². The van der Waals surface area contributed by atoms with Crippen LogP contribution < -0.4 is 5.32 Å². The normalized spacial score (nSPS) is 10.5. The highest BCUT2D eigenvalue weighted by molar-refractivity contribution is 6.39. The molecule has 0 radical (unpaired) electrons. The molecule has 0 saturated heterocycles. The molecular weight excluding hydrogens is 403 g/mol. The van der Waals surface area contributed by atoms with Crippen LogP contribution in [0.5, 0.6) is 0 Å². The number of nitrogens with one attached hydrogen (secondary N) is 1. The Morgan fingerprint density at radius 2 is 1.86 bits per heavy atom. The molecule has 0 fully saturated rings. The van der Waals surface area contributed by atoms with Gasteiger partial charge in [-0.05, 0) is 47.7 Å². The van der Waals surface area contributed by atoms with E-state index >= 15 is 0 Å². The SMILES string of the molecule is CCN(CC(=O)Nc1c(Cl)cccc1Cl)C(=O)c1cccc(-n2cnnn2)c1. The molecule has 3 aromatic rings. The number of carbonyl (C=O) groups excluding carboxylic acids is 2. The number of carbonyl (C=O) groups is 2. The van der Waals surface area contributed by atoms with Gasteiger partial charge in [0.2, 0.25) is 5.91 Å². The van der Waals surface area contributed by atoms with Crippen LogP contribution in [0.15, 0.2) is 48.8 Å². The quantitative estimate of drug-likeness (QED) is 0.663. The van der Waals surface area contributed by atoms with Gasteiger partial charge in [0.25, 0.3) is 5.91 Å². The second-order valence-corrected chi connectivity index (χ2v) is 6.58. The Bertz CT molecular complexity index is 973. The minimum absolute atomic E-state index is 0.147. The Morgan fingerprint density at radius 1 is 1.14 bits per heavy atom. The zero-order chi connectivity index (χ0) is 20.1. The van der Waals surface area contributed by atoms with Crippen molar-refractivity contribution in [2.45, 2.75) is 6.92 Å². The number of para-hydroxylation sites is 1. The van der Waals surface area contributed by atoms with Crippen LogP contribution in [0.4, 0.5) is 5.69 Å². The Labute approximate surface area is 171 Å². The van der Waals surface area contributed by atoms with Crippen LogP contribution in [-0.4, -0.2) is 50.0 Å². The van der Waals surface area contributed by atoms with Gasteiger partial charge in [0.1, 0.15) is 12.9 Å². The molecule has 0 spiro atoms. The summed E-state index contributed by atoms with van der Waals surface area (Å²) in [6.45, 7) is 1.99. The first-order valence-electron chi connectivity index (χ1n) is 8.36. The van der Waals surface area contributed by atoms with Crippen molar-refractivity contribution in [3.8, 4) is 5.69 Å². The fraction of sp³-hybridized carbons (Fsp3) is 0.167. The summed E-state index contributed by atoms with van der Waals surface area (Å²) in [5.41, 5.74) is 1.37. The first-order valence-corrected chi connectivity index (χ1v) is 9.11. The van der Waals surface area contributed by atoms with Crippen LogP contribution in [0.2, 0.25) is 10.0 Å². The van der Waals surface area contributed by atoms with Gasteiger partial charge < -0.3 is 10.2 Å². The molecular formula is C18H16Cl2N6O2. The number of nitrogens with zero attached hydrogens (tertiary/aromatic N) is 5. The first-order chi connectivity index (χ1) is 13.5. The van der Waals surface area contributed by atoms with Gasteiger partial charge in [0, 0.05) is 12.1 Å². The standard InChI is InChI=1S/C18H16Cl2N6O2/c1-2-25(10-16(27)22-17-14(19)7-4-8-15(17)20)18(28)12-5-3-6-13(9-12)26-11-21-23-24-26/h3-9,11H,2,10H2,1H3,(H,22,27). The van der Waals surface area contributed by atoms with Crippen molar-refractivity contribution in [2.24, 2.45) is 0 Å². The third-order valence-corrected chi connectivity index (χ3v) is 4.57. The number of anilines is 1. The molecule has 3 rings (SSSR count). The average molecular weight is 419 g/mol. The lowest BCUT2D eigenvalue weighted by Gasteiger charge is -2.21. The number of tetrazole rings is 1. The van der Waals surface area contributed by atoms with Gasteiger partial charge in [0.05, 0.1) is 21.4 Å². The zero-order valence-electron chi connectivity index (χ0n) is 14.8. The molecule has 0 unspecified atom stereocenters. The highest BCUT2D eigenvalue weighted by Gasteiger charge is 2.19. The summed E-state index contributed by atoms with van der Waals surface area (Å²) in [6.07, 6.45) is 1.43. The molecule has 1 N–H and O–H groups in total. The maximum Gasteiger partial charge on any atom is 0.254 e. The van der Waals surface area contributed by atoms with E-state index in [1.807, 2.05) is 0 Å². The molecule has 8 nitrogen and oxygen atoms in total. The smallest absolute Gasteiger partial charge is 0.254 e. The number of rotatable bonds is 6. The molecule has 2 amide bonds. The maximum atomic E-state index is 12.9. The van der Waals surface area contributed by atoms with Crippen molar-refractivity contribution < 1.29 is 9.59 Å². The molecule has 0 saturated carbocycles. The fourth-order valence-corrected chi connectivity index (χ4v) is 3.03. The summed E-state index contributed by atoms with van der Waals surface area (Å²) in [7, 11) is 0. The second-order valence-electron chi connectivity index (χ2n) is 5.77. The molecule has 2 aromatic carbocycles. The summed E-state index contributed by atoms with van der Waals surface area (Å²) in [4.78, 5) is 26.7. The van der Waals surface area contributed by atoms with Crippen LogP contribution >= 0.6 is 23.2 Å². The predicted octanol–water partition coefficient (Wildman–Crippen LogP) is 3.07. The lowest BCUT2D eigenvalue weighted by molar-refractivity contribution is -0.116. The number of hydrogen-bond donors (Lipinski definition) is 1. The number of likely N-dealkylation sites (N-methyl/N-ethyl adjacent to an activating group) is 1. The summed E-state index contributed by atoms with van der Waals surface area (Å²) >= 11 is 12.1. The maximum absolute atomic E-state index is 12.9. The summed E-state index contributed by atoms with van der Waals surface area (Å²) in [6, 6.07) is 11.7. The monoisotopic (exact) mass is 418 g/mol. The van der Waals surface area contributed by atoms with Crippen molar-refractivity contribution in [3.63, 3.8) is 0 Å². The highest BCUT2D eigenvalue weighted by atomic mass is 35.5. The first kappa shape index (κ1) is 19.8. The summed E-state index contributed by atoms with van der Waals surface area (Å²) in [5, 5.41) is 14.3. The lowest BCUT2D eigenvalue weighted by Crippen LogP contribution is -2.38. The number of aromatic nitrogens is 4. The minimum atomic E-state index is -0.401. The Balaban J connectivity index is 1.73. The van der Waals surface area contributed by atoms with E-state index in [9.17, 15) is 9.59 Å². The van der Waals surface area contributed by atoms with Crippen molar-refractivity contribution in [3.05, 3.63) is 64.4 Å². The van der Waals surface area contributed by atoms with Gasteiger partial charge in [-0.15, -0.1) is 5.10 Å². The van der Waals surface area contributed by atoms with E-state index in [0.29, 0.717) is 33.5 Å². The zero-order valence-corrected chi connectivity index (χ0v) is 16.4. The van der Waals surface area contributed by atoms with Crippen molar-refractivity contribution >= 4 is 40.7 Å². The topological polar surface area (TPSA) is 93.0 Å². The lowest BCUT2D eigenvalue weighted by atomic mass is 10.1. The van der Waals surface area contributed by atoms with Gasteiger partial charge in [-0.25, -0.2) is 4.68 Å². The van der Waals surface area contributed by atoms with E-state index in [-0.39, 0.29) is 12.5 Å². The largest absolute Gasteiger partial charge is 0.330 e. The van der Waals surface area contributed by atoms with Crippen molar-refractivity contribution in [2.75, 3.05) is 18.4 Å². The average Bonchev–Trinajstić information content (AvgIpc) is 3.23. The van der Waals surface area contributed by atoms with Gasteiger partial charge in [0.15, 0.2) is 0 Å². The molecule has 144 valence electrons. The van der Waals surface area contributed by atoms with Crippen LogP contribution in [-0.2, 0) is 4.79 Å². The van der Waals surface area contributed by atoms with E-state index in [4.69, 9.17) is 23.2 Å². The highest BCUT2D eigenvalue weighted by Crippen LogP contribution is 2.29. The predicted molar refractivity (Wildman–Crippen MR) is 106 cm³/mol. The molecule has 0 bridgehead atoms. The Hall–Kier alpha value is -2.97. The van der Waals surface area contributed by atoms with Gasteiger partial charge >= 0.3 is 0 Å². The van der Waals surface area contributed by atoms with Crippen LogP contribution in [0.25, 0.3) is 5.69 Å². The van der Waals surface area contributed by atoms with Crippen LogP contribution in [0.1, 0.15) is 17.3 Å². The number of hydrogen-bond acceptors (Lipinski definition) is 5. The van der Waals surface area contributed by atoms with E-state index in [0.717, 1.165) is 0 Å². The van der Waals surface area contributed by atoms with Gasteiger partial charge in [-0.3, -0.25) is 9.59 Å². The molecule has 1 heterocycles. The molecule has 0 aliphatic heterocycles. The summed E-state index contributed by atoms with van der Waals surface area (Å²) < 4.78 is 1.44. The van der Waals surface area contributed by atoms with Crippen LogP contribution in [0.3, 0.4) is 0 Å². The Morgan fingerprint density at radius 3 is 2.50 bits per heavy atom. The van der Waals surface area contributed by atoms with E-state index in [1.54, 1.807) is 49.4 Å². The molecule has 10 heteroatoms. The van der Waals surface area contributed by atoms with Gasteiger partial charge in [-0.2, -0.15) is 0 Å². The summed E-state index contributed by atoms with van der Waals surface area (Å²) in [5.74, 6) is -0.695. The molecule has 0 aliphatic rings. The number of halogens is 2. The third-order valence-electron chi connectivity index (χ3n) is 3.94. The molecule has 0 atom stereocenters. The molecule has 0 aliphatic carbocycles. The van der Waals surface area contributed by atoms with E-state index < -0.39 is 5.91 Å². The fourth-order valence-electron chi connectivity index (χ4n) is 2.54. The van der Waals surface area contributed by atoms with Crippen molar-refractivity contribution in [1.29, 1.82) is 0 Å². The Kier molecular flexibility index (Phi) is 6.23. The van der Waals surface area contributed by atoms with E-state index in [2.05, 4.69) is 20.8 Å². The minimum Gasteiger partial charge on any atom is -0.330 e. The van der Waals surface area contributed by atoms with E-state index in [1.165, 1.54) is 15.9 Å². The number of benzene rings is 2. The van der Waals surface area contributed by atoms with Gasteiger partial charge in [-0.1, -0.05) is 35.3 Å². The third kappa shape index (κ3) is 4.47.